The van der Waals surface area contributed by atoms with Crippen molar-refractivity contribution in [3.05, 3.63) is 58.1 Å². The van der Waals surface area contributed by atoms with Crippen molar-refractivity contribution in [2.75, 3.05) is 18.6 Å². The lowest BCUT2D eigenvalue weighted by Crippen LogP contribution is -2.07. The molecule has 0 unspecified atom stereocenters. The van der Waals surface area contributed by atoms with Crippen molar-refractivity contribution >= 4 is 39.2 Å². The quantitative estimate of drug-likeness (QED) is 0.629. The van der Waals surface area contributed by atoms with Gasteiger partial charge in [-0.25, -0.2) is 0 Å². The highest BCUT2D eigenvalue weighted by Gasteiger charge is 2.12. The summed E-state index contributed by atoms with van der Waals surface area (Å²) in [6.07, 6.45) is 2.43. The Morgan fingerprint density at radius 3 is 2.50 bits per heavy atom. The van der Waals surface area contributed by atoms with Crippen molar-refractivity contribution in [2.24, 2.45) is 0 Å². The van der Waals surface area contributed by atoms with Gasteiger partial charge in [0.1, 0.15) is 0 Å². The van der Waals surface area contributed by atoms with Gasteiger partial charge >= 0.3 is 0 Å². The second-order valence-electron chi connectivity index (χ2n) is 4.39. The first-order valence-corrected chi connectivity index (χ1v) is 8.29. The number of anilines is 1. The topological polar surface area (TPSA) is 29.1 Å². The number of benzene rings is 2. The lowest BCUT2D eigenvalue weighted by molar-refractivity contribution is 0.0993. The molecule has 0 saturated heterocycles. The average Bonchev–Trinajstić information content (AvgIpc) is 2.48. The van der Waals surface area contributed by atoms with Crippen molar-refractivity contribution in [3.8, 4) is 0 Å². The maximum absolute atomic E-state index is 12.5. The van der Waals surface area contributed by atoms with Gasteiger partial charge in [0.15, 0.2) is 5.78 Å². The van der Waals surface area contributed by atoms with Gasteiger partial charge in [-0.3, -0.25) is 4.79 Å². The molecule has 0 aliphatic heterocycles. The molecule has 0 saturated carbocycles. The van der Waals surface area contributed by atoms with Gasteiger partial charge in [0, 0.05) is 34.1 Å². The second kappa shape index (κ2) is 6.95. The number of carbonyl (C=O) groups is 1. The molecule has 2 aromatic rings. The van der Waals surface area contributed by atoms with Crippen LogP contribution in [-0.4, -0.2) is 19.1 Å². The molecule has 20 heavy (non-hydrogen) atoms. The zero-order valence-corrected chi connectivity index (χ0v) is 13.8. The van der Waals surface area contributed by atoms with Crippen molar-refractivity contribution in [1.82, 2.24) is 0 Å². The molecule has 0 atom stereocenters. The van der Waals surface area contributed by atoms with Gasteiger partial charge in [-0.05, 0) is 42.2 Å². The van der Waals surface area contributed by atoms with E-state index in [4.69, 9.17) is 0 Å². The number of nitrogens with one attached hydrogen (secondary N) is 1. The van der Waals surface area contributed by atoms with Crippen molar-refractivity contribution < 1.29 is 4.79 Å². The molecule has 0 aliphatic rings. The molecule has 0 amide bonds. The molecule has 0 heterocycles. The fourth-order valence-corrected chi connectivity index (χ4v) is 2.69. The maximum Gasteiger partial charge on any atom is 0.169 e. The smallest absolute Gasteiger partial charge is 0.169 e. The Labute approximate surface area is 132 Å². The Morgan fingerprint density at radius 1 is 1.20 bits per heavy atom. The van der Waals surface area contributed by atoms with E-state index in [1.165, 1.54) is 0 Å². The first-order valence-electron chi connectivity index (χ1n) is 6.27. The number of ketones is 1. The van der Waals surface area contributed by atoms with Gasteiger partial charge in [-0.2, -0.15) is 0 Å². The summed E-state index contributed by atoms with van der Waals surface area (Å²) in [4.78, 5) is 13.6. The summed E-state index contributed by atoms with van der Waals surface area (Å²) < 4.78 is 1.02. The van der Waals surface area contributed by atoms with E-state index in [9.17, 15) is 4.79 Å². The predicted molar refractivity (Wildman–Crippen MR) is 89.9 cm³/mol. The predicted octanol–water partition coefficient (Wildman–Crippen LogP) is 4.64. The molecule has 0 radical (unpaired) electrons. The first-order chi connectivity index (χ1) is 9.63. The minimum Gasteiger partial charge on any atom is -0.388 e. The van der Waals surface area contributed by atoms with E-state index < -0.39 is 0 Å². The summed E-state index contributed by atoms with van der Waals surface area (Å²) in [6, 6.07) is 13.8. The zero-order chi connectivity index (χ0) is 14.5. The first kappa shape index (κ1) is 15.1. The van der Waals surface area contributed by atoms with E-state index in [-0.39, 0.29) is 5.78 Å². The molecule has 0 bridgehead atoms. The largest absolute Gasteiger partial charge is 0.388 e. The van der Waals surface area contributed by atoms with Crippen LogP contribution in [0.5, 0.6) is 0 Å². The van der Waals surface area contributed by atoms with Gasteiger partial charge < -0.3 is 5.32 Å². The van der Waals surface area contributed by atoms with Crippen LogP contribution in [0, 0.1) is 0 Å². The summed E-state index contributed by atoms with van der Waals surface area (Å²) in [7, 11) is 1.84. The molecule has 0 aromatic heterocycles. The SMILES string of the molecule is CNc1ccc(SC)cc1C(=O)Cc1ccc(Br)cc1. The van der Waals surface area contributed by atoms with Crippen LogP contribution in [0.15, 0.2) is 51.8 Å². The molecule has 0 aliphatic carbocycles. The molecule has 2 nitrogen and oxygen atoms in total. The highest BCUT2D eigenvalue weighted by atomic mass is 79.9. The monoisotopic (exact) mass is 349 g/mol. The molecular weight excluding hydrogens is 334 g/mol. The third-order valence-corrected chi connectivity index (χ3v) is 4.33. The average molecular weight is 350 g/mol. The number of thioether (sulfide) groups is 1. The number of rotatable bonds is 5. The number of hydrogen-bond acceptors (Lipinski definition) is 3. The lowest BCUT2D eigenvalue weighted by atomic mass is 10.0. The zero-order valence-electron chi connectivity index (χ0n) is 11.4. The van der Waals surface area contributed by atoms with Crippen LogP contribution in [-0.2, 0) is 6.42 Å². The normalized spacial score (nSPS) is 10.3. The third kappa shape index (κ3) is 3.64. The molecule has 4 heteroatoms. The third-order valence-electron chi connectivity index (χ3n) is 3.07. The summed E-state index contributed by atoms with van der Waals surface area (Å²) in [5.41, 5.74) is 2.65. The Kier molecular flexibility index (Phi) is 5.26. The van der Waals surface area contributed by atoms with Crippen molar-refractivity contribution in [3.63, 3.8) is 0 Å². The van der Waals surface area contributed by atoms with Gasteiger partial charge in [0.25, 0.3) is 0 Å². The fourth-order valence-electron chi connectivity index (χ4n) is 1.98. The van der Waals surface area contributed by atoms with Crippen LogP contribution < -0.4 is 5.32 Å². The van der Waals surface area contributed by atoms with Crippen LogP contribution >= 0.6 is 27.7 Å². The molecule has 104 valence electrons. The summed E-state index contributed by atoms with van der Waals surface area (Å²) in [6.45, 7) is 0. The molecule has 0 fully saturated rings. The van der Waals surface area contributed by atoms with Crippen molar-refractivity contribution in [1.29, 1.82) is 0 Å². The molecule has 2 rings (SSSR count). The van der Waals surface area contributed by atoms with E-state index in [0.29, 0.717) is 6.42 Å². The van der Waals surface area contributed by atoms with Crippen LogP contribution in [0.2, 0.25) is 0 Å². The highest BCUT2D eigenvalue weighted by molar-refractivity contribution is 9.10. The van der Waals surface area contributed by atoms with Crippen molar-refractivity contribution in [2.45, 2.75) is 11.3 Å². The molecule has 0 spiro atoms. The Balaban J connectivity index is 2.25. The van der Waals surface area contributed by atoms with Crippen LogP contribution in [0.4, 0.5) is 5.69 Å². The van der Waals surface area contributed by atoms with Gasteiger partial charge in [0.2, 0.25) is 0 Å². The molecular formula is C16H16BrNOS. The summed E-state index contributed by atoms with van der Waals surface area (Å²) in [5, 5.41) is 3.09. The van der Waals surface area contributed by atoms with Crippen LogP contribution in [0.1, 0.15) is 15.9 Å². The van der Waals surface area contributed by atoms with E-state index >= 15 is 0 Å². The fraction of sp³-hybridized carbons (Fsp3) is 0.188. The number of halogens is 1. The van der Waals surface area contributed by atoms with E-state index in [0.717, 1.165) is 26.2 Å². The van der Waals surface area contributed by atoms with Crippen LogP contribution in [0.25, 0.3) is 0 Å². The second-order valence-corrected chi connectivity index (χ2v) is 6.18. The minimum atomic E-state index is 0.132. The van der Waals surface area contributed by atoms with E-state index in [2.05, 4.69) is 21.2 Å². The van der Waals surface area contributed by atoms with E-state index in [1.807, 2.05) is 55.8 Å². The molecule has 2 aromatic carbocycles. The standard InChI is InChI=1S/C16H16BrNOS/c1-18-15-8-7-13(20-2)10-14(15)16(19)9-11-3-5-12(17)6-4-11/h3-8,10,18H,9H2,1-2H3. The number of carbonyl (C=O) groups excluding carboxylic acids is 1. The van der Waals surface area contributed by atoms with Gasteiger partial charge in [-0.1, -0.05) is 28.1 Å². The van der Waals surface area contributed by atoms with E-state index in [1.54, 1.807) is 11.8 Å². The minimum absolute atomic E-state index is 0.132. The molecule has 1 N–H and O–H groups in total. The Bertz CT molecular complexity index is 610. The Hall–Kier alpha value is -1.26. The maximum atomic E-state index is 12.5. The summed E-state index contributed by atoms with van der Waals surface area (Å²) in [5.74, 6) is 0.132. The highest BCUT2D eigenvalue weighted by Crippen LogP contribution is 2.24. The van der Waals surface area contributed by atoms with Gasteiger partial charge in [-0.15, -0.1) is 11.8 Å². The number of hydrogen-bond donors (Lipinski definition) is 1. The number of Topliss-reactive ketones (excluding diaryl/α,β-unsaturated/α-hetero) is 1. The van der Waals surface area contributed by atoms with Gasteiger partial charge in [0.05, 0.1) is 0 Å². The summed E-state index contributed by atoms with van der Waals surface area (Å²) >= 11 is 5.04. The lowest BCUT2D eigenvalue weighted by Gasteiger charge is -2.10. The Morgan fingerprint density at radius 2 is 1.90 bits per heavy atom. The van der Waals surface area contributed by atoms with Crippen LogP contribution in [0.3, 0.4) is 0 Å².